The molecule has 1 unspecified atom stereocenters. The number of benzene rings is 1. The fraction of sp³-hybridized carbons (Fsp3) is 0.538. The normalized spacial score (nSPS) is 19.8. The van der Waals surface area contributed by atoms with E-state index in [0.717, 1.165) is 13.2 Å². The molecule has 0 amide bonds. The van der Waals surface area contributed by atoms with Crippen LogP contribution in [0.25, 0.3) is 0 Å². The van der Waals surface area contributed by atoms with Crippen molar-refractivity contribution in [2.24, 2.45) is 0 Å². The molecule has 2 N–H and O–H groups in total. The van der Waals surface area contributed by atoms with E-state index < -0.39 is 4.92 Å². The van der Waals surface area contributed by atoms with Crippen LogP contribution in [0.1, 0.15) is 5.56 Å². The van der Waals surface area contributed by atoms with Crippen molar-refractivity contribution in [2.75, 3.05) is 38.7 Å². The average molecular weight is 281 g/mol. The molecule has 1 aliphatic heterocycles. The van der Waals surface area contributed by atoms with Crippen molar-refractivity contribution in [1.29, 1.82) is 0 Å². The lowest BCUT2D eigenvalue weighted by Crippen LogP contribution is -2.46. The second-order valence-corrected chi connectivity index (χ2v) is 4.86. The lowest BCUT2D eigenvalue weighted by Gasteiger charge is -2.32. The van der Waals surface area contributed by atoms with E-state index in [1.807, 2.05) is 7.05 Å². The minimum absolute atomic E-state index is 0.0177. The Hall–Kier alpha value is -1.70. The van der Waals surface area contributed by atoms with Crippen LogP contribution in [-0.4, -0.2) is 54.3 Å². The van der Waals surface area contributed by atoms with Crippen molar-refractivity contribution < 1.29 is 14.8 Å². The first kappa shape index (κ1) is 14.7. The van der Waals surface area contributed by atoms with Crippen LogP contribution in [-0.2, 0) is 11.3 Å². The molecule has 20 heavy (non-hydrogen) atoms. The molecule has 1 fully saturated rings. The van der Waals surface area contributed by atoms with Crippen molar-refractivity contribution in [2.45, 2.75) is 12.6 Å². The number of anilines is 1. The van der Waals surface area contributed by atoms with E-state index >= 15 is 0 Å². The number of rotatable bonds is 5. The standard InChI is InChI=1S/C13H19N3O4/c1-15-4-5-20-9-11(15)7-14-12-3-2-10(8-17)6-13(12)16(18)19/h2-3,6,11,14,17H,4-5,7-9H2,1H3. The second-order valence-electron chi connectivity index (χ2n) is 4.86. The molecule has 1 aliphatic rings. The predicted molar refractivity (Wildman–Crippen MR) is 74.7 cm³/mol. The van der Waals surface area contributed by atoms with Gasteiger partial charge in [-0.2, -0.15) is 0 Å². The first-order chi connectivity index (χ1) is 9.61. The number of aliphatic hydroxyl groups excluding tert-OH is 1. The van der Waals surface area contributed by atoms with Gasteiger partial charge in [0.25, 0.3) is 5.69 Å². The molecule has 0 aliphatic carbocycles. The maximum absolute atomic E-state index is 11.1. The number of nitrogens with zero attached hydrogens (tertiary/aromatic N) is 2. The van der Waals surface area contributed by atoms with Gasteiger partial charge in [-0.3, -0.25) is 15.0 Å². The van der Waals surface area contributed by atoms with E-state index in [-0.39, 0.29) is 18.3 Å². The number of nitro groups is 1. The Bertz CT molecular complexity index is 481. The summed E-state index contributed by atoms with van der Waals surface area (Å²) < 4.78 is 5.41. The Kier molecular flexibility index (Phi) is 4.89. The van der Waals surface area contributed by atoms with Crippen LogP contribution in [0, 0.1) is 10.1 Å². The van der Waals surface area contributed by atoms with Crippen LogP contribution in [0.15, 0.2) is 18.2 Å². The quantitative estimate of drug-likeness (QED) is 0.614. The molecule has 0 radical (unpaired) electrons. The fourth-order valence-electron chi connectivity index (χ4n) is 2.16. The van der Waals surface area contributed by atoms with Crippen molar-refractivity contribution in [1.82, 2.24) is 4.90 Å². The first-order valence-electron chi connectivity index (χ1n) is 6.52. The van der Waals surface area contributed by atoms with Gasteiger partial charge in [-0.05, 0) is 18.7 Å². The summed E-state index contributed by atoms with van der Waals surface area (Å²) in [4.78, 5) is 12.8. The molecule has 0 aromatic heterocycles. The van der Waals surface area contributed by atoms with Crippen molar-refractivity contribution in [3.63, 3.8) is 0 Å². The van der Waals surface area contributed by atoms with E-state index in [1.54, 1.807) is 12.1 Å². The Labute approximate surface area is 117 Å². The third-order valence-corrected chi connectivity index (χ3v) is 3.49. The molecule has 2 rings (SSSR count). The minimum atomic E-state index is -0.442. The number of morpholine rings is 1. The summed E-state index contributed by atoms with van der Waals surface area (Å²) in [5.74, 6) is 0. The third kappa shape index (κ3) is 3.44. The van der Waals surface area contributed by atoms with Gasteiger partial charge in [-0.15, -0.1) is 0 Å². The van der Waals surface area contributed by atoms with Gasteiger partial charge in [0.2, 0.25) is 0 Å². The van der Waals surface area contributed by atoms with E-state index in [0.29, 0.717) is 24.4 Å². The Morgan fingerprint density at radius 2 is 2.40 bits per heavy atom. The van der Waals surface area contributed by atoms with Crippen molar-refractivity contribution >= 4 is 11.4 Å². The highest BCUT2D eigenvalue weighted by molar-refractivity contribution is 5.62. The topological polar surface area (TPSA) is 87.9 Å². The van der Waals surface area contributed by atoms with Gasteiger partial charge in [0, 0.05) is 19.2 Å². The number of likely N-dealkylation sites (N-methyl/N-ethyl adjacent to an activating group) is 1. The van der Waals surface area contributed by atoms with Crippen LogP contribution in [0.4, 0.5) is 11.4 Å². The summed E-state index contributed by atoms with van der Waals surface area (Å²) in [5, 5.41) is 23.2. The molecular formula is C13H19N3O4. The summed E-state index contributed by atoms with van der Waals surface area (Å²) in [6.07, 6.45) is 0. The molecule has 0 bridgehead atoms. The summed E-state index contributed by atoms with van der Waals surface area (Å²) in [7, 11) is 2.01. The Balaban J connectivity index is 2.06. The van der Waals surface area contributed by atoms with Gasteiger partial charge in [0.15, 0.2) is 0 Å². The summed E-state index contributed by atoms with van der Waals surface area (Å²) in [6.45, 7) is 2.57. The fourth-order valence-corrected chi connectivity index (χ4v) is 2.16. The van der Waals surface area contributed by atoms with Gasteiger partial charge in [0.1, 0.15) is 5.69 Å². The molecule has 7 heteroatoms. The molecule has 1 aromatic carbocycles. The zero-order chi connectivity index (χ0) is 14.5. The van der Waals surface area contributed by atoms with Crippen LogP contribution >= 0.6 is 0 Å². The van der Waals surface area contributed by atoms with Crippen LogP contribution in [0.5, 0.6) is 0 Å². The first-order valence-corrected chi connectivity index (χ1v) is 6.52. The largest absolute Gasteiger partial charge is 0.392 e. The van der Waals surface area contributed by atoms with Crippen LogP contribution < -0.4 is 5.32 Å². The highest BCUT2D eigenvalue weighted by atomic mass is 16.6. The molecule has 1 saturated heterocycles. The number of aliphatic hydroxyl groups is 1. The lowest BCUT2D eigenvalue weighted by atomic mass is 10.1. The summed E-state index contributed by atoms with van der Waals surface area (Å²) >= 11 is 0. The van der Waals surface area contributed by atoms with E-state index in [2.05, 4.69) is 10.2 Å². The average Bonchev–Trinajstić information content (AvgIpc) is 2.46. The monoisotopic (exact) mass is 281 g/mol. The van der Waals surface area contributed by atoms with Gasteiger partial charge in [-0.25, -0.2) is 0 Å². The van der Waals surface area contributed by atoms with E-state index in [1.165, 1.54) is 6.07 Å². The number of ether oxygens (including phenoxy) is 1. The second kappa shape index (κ2) is 6.65. The van der Waals surface area contributed by atoms with E-state index in [4.69, 9.17) is 9.84 Å². The highest BCUT2D eigenvalue weighted by Crippen LogP contribution is 2.25. The predicted octanol–water partition coefficient (Wildman–Crippen LogP) is 0.830. The zero-order valence-electron chi connectivity index (χ0n) is 11.4. The SMILES string of the molecule is CN1CCOCC1CNc1ccc(CO)cc1[N+](=O)[O-]. The van der Waals surface area contributed by atoms with E-state index in [9.17, 15) is 10.1 Å². The van der Waals surface area contributed by atoms with Gasteiger partial charge in [0.05, 0.1) is 30.8 Å². The molecule has 0 spiro atoms. The maximum Gasteiger partial charge on any atom is 0.292 e. The molecule has 7 nitrogen and oxygen atoms in total. The zero-order valence-corrected chi connectivity index (χ0v) is 11.4. The molecule has 1 heterocycles. The van der Waals surface area contributed by atoms with Gasteiger partial charge in [-0.1, -0.05) is 6.07 Å². The molecule has 110 valence electrons. The lowest BCUT2D eigenvalue weighted by molar-refractivity contribution is -0.384. The number of hydrogen-bond donors (Lipinski definition) is 2. The van der Waals surface area contributed by atoms with Crippen molar-refractivity contribution in [3.8, 4) is 0 Å². The summed E-state index contributed by atoms with van der Waals surface area (Å²) in [5.41, 5.74) is 0.975. The maximum atomic E-state index is 11.1. The molecule has 1 aromatic rings. The van der Waals surface area contributed by atoms with Crippen molar-refractivity contribution in [3.05, 3.63) is 33.9 Å². The Morgan fingerprint density at radius 3 is 3.05 bits per heavy atom. The van der Waals surface area contributed by atoms with Gasteiger partial charge < -0.3 is 15.2 Å². The minimum Gasteiger partial charge on any atom is -0.392 e. The smallest absolute Gasteiger partial charge is 0.292 e. The third-order valence-electron chi connectivity index (χ3n) is 3.49. The number of nitrogens with one attached hydrogen (secondary N) is 1. The number of nitro benzene ring substituents is 1. The van der Waals surface area contributed by atoms with Gasteiger partial charge >= 0.3 is 0 Å². The number of hydrogen-bond acceptors (Lipinski definition) is 6. The highest BCUT2D eigenvalue weighted by Gasteiger charge is 2.21. The molecular weight excluding hydrogens is 262 g/mol. The Morgan fingerprint density at radius 1 is 1.60 bits per heavy atom. The van der Waals surface area contributed by atoms with Crippen LogP contribution in [0.3, 0.4) is 0 Å². The summed E-state index contributed by atoms with van der Waals surface area (Å²) in [6, 6.07) is 4.90. The molecule has 0 saturated carbocycles. The van der Waals surface area contributed by atoms with Crippen LogP contribution in [0.2, 0.25) is 0 Å². The molecule has 1 atom stereocenters.